The summed E-state index contributed by atoms with van der Waals surface area (Å²) in [6.07, 6.45) is 9.54. The number of rotatable bonds is 9. The first-order chi connectivity index (χ1) is 22.5. The van der Waals surface area contributed by atoms with E-state index >= 15 is 0 Å². The van der Waals surface area contributed by atoms with Gasteiger partial charge in [-0.3, -0.25) is 9.59 Å². The zero-order valence-electron chi connectivity index (χ0n) is 28.1. The number of hydrogen-bond donors (Lipinski definition) is 1. The highest BCUT2D eigenvalue weighted by molar-refractivity contribution is 7.90. The number of likely N-dealkylation sites (tertiary alicyclic amines) is 1. The Morgan fingerprint density at radius 1 is 0.957 bits per heavy atom. The van der Waals surface area contributed by atoms with E-state index in [0.717, 1.165) is 79.5 Å². The van der Waals surface area contributed by atoms with Crippen LogP contribution in [-0.2, 0) is 21.4 Å². The summed E-state index contributed by atoms with van der Waals surface area (Å²) in [5.41, 5.74) is 4.11. The number of sulfonamides is 1. The molecule has 3 heterocycles. The van der Waals surface area contributed by atoms with Crippen LogP contribution in [0.15, 0.2) is 42.5 Å². The monoisotopic (exact) mass is 660 g/mol. The van der Waals surface area contributed by atoms with Crippen molar-refractivity contribution in [2.24, 2.45) is 5.41 Å². The molecule has 9 nitrogen and oxygen atoms in total. The lowest BCUT2D eigenvalue weighted by molar-refractivity contribution is -0.143. The second kappa shape index (κ2) is 12.3. The van der Waals surface area contributed by atoms with Crippen molar-refractivity contribution in [3.05, 3.63) is 53.6 Å². The van der Waals surface area contributed by atoms with Crippen LogP contribution in [0.3, 0.4) is 0 Å². The minimum Gasteiger partial charge on any atom is -0.497 e. The molecule has 3 aromatic rings. The molecule has 10 heteroatoms. The molecule has 2 atom stereocenters. The molecule has 2 aliphatic heterocycles. The van der Waals surface area contributed by atoms with Gasteiger partial charge in [-0.25, -0.2) is 13.1 Å². The normalized spacial score (nSPS) is 23.0. The van der Waals surface area contributed by atoms with Crippen molar-refractivity contribution in [2.45, 2.75) is 101 Å². The van der Waals surface area contributed by atoms with E-state index in [0.29, 0.717) is 18.0 Å². The third kappa shape index (κ3) is 5.86. The van der Waals surface area contributed by atoms with Crippen molar-refractivity contribution in [1.82, 2.24) is 19.1 Å². The number of aromatic nitrogens is 1. The number of carbonyl (C=O) groups is 2. The number of methoxy groups -OCH3 is 1. The van der Waals surface area contributed by atoms with Gasteiger partial charge in [-0.2, -0.15) is 0 Å². The number of likely N-dealkylation sites (N-methyl/N-ethyl adjacent to an activating group) is 1. The molecule has 1 N–H and O–H groups in total. The molecule has 0 radical (unpaired) electrons. The summed E-state index contributed by atoms with van der Waals surface area (Å²) in [4.78, 5) is 32.5. The molecule has 7 rings (SSSR count). The fourth-order valence-corrected chi connectivity index (χ4v) is 9.08. The van der Waals surface area contributed by atoms with Crippen molar-refractivity contribution >= 4 is 32.7 Å². The van der Waals surface area contributed by atoms with Crippen molar-refractivity contribution in [3.8, 4) is 17.0 Å². The van der Waals surface area contributed by atoms with Crippen molar-refractivity contribution in [3.63, 3.8) is 0 Å². The Morgan fingerprint density at radius 3 is 2.21 bits per heavy atom. The average molecular weight is 661 g/mol. The number of hydrogen-bond acceptors (Lipinski definition) is 6. The quantitative estimate of drug-likeness (QED) is 0.306. The van der Waals surface area contributed by atoms with Gasteiger partial charge in [0, 0.05) is 48.2 Å². The van der Waals surface area contributed by atoms with Gasteiger partial charge in [-0.1, -0.05) is 25.3 Å². The van der Waals surface area contributed by atoms with Gasteiger partial charge in [0.05, 0.1) is 23.5 Å². The molecule has 2 saturated heterocycles. The Kier molecular flexibility index (Phi) is 8.40. The van der Waals surface area contributed by atoms with Crippen LogP contribution in [0.2, 0.25) is 0 Å². The lowest BCUT2D eigenvalue weighted by Crippen LogP contribution is -2.56. The number of nitrogens with one attached hydrogen (secondary N) is 1. The lowest BCUT2D eigenvalue weighted by atomic mass is 9.81. The third-order valence-electron chi connectivity index (χ3n) is 11.3. The molecule has 2 saturated carbocycles. The van der Waals surface area contributed by atoms with E-state index in [1.807, 2.05) is 24.3 Å². The summed E-state index contributed by atoms with van der Waals surface area (Å²) in [6.45, 7) is 5.48. The van der Waals surface area contributed by atoms with Crippen LogP contribution < -0.4 is 9.46 Å². The molecule has 47 heavy (non-hydrogen) atoms. The van der Waals surface area contributed by atoms with E-state index in [-0.39, 0.29) is 18.0 Å². The van der Waals surface area contributed by atoms with Gasteiger partial charge in [0.25, 0.3) is 5.91 Å². The van der Waals surface area contributed by atoms with E-state index in [9.17, 15) is 18.0 Å². The Morgan fingerprint density at radius 2 is 1.62 bits per heavy atom. The topological polar surface area (TPSA) is 101 Å². The van der Waals surface area contributed by atoms with Gasteiger partial charge >= 0.3 is 0 Å². The zero-order valence-corrected chi connectivity index (χ0v) is 28.9. The van der Waals surface area contributed by atoms with Crippen LogP contribution in [0.25, 0.3) is 22.2 Å². The summed E-state index contributed by atoms with van der Waals surface area (Å²) in [5.74, 6) is 0.770. The summed E-state index contributed by atoms with van der Waals surface area (Å²) in [6, 6.07) is 14.3. The van der Waals surface area contributed by atoms with E-state index < -0.39 is 26.6 Å². The molecular weight excluding hydrogens is 612 g/mol. The van der Waals surface area contributed by atoms with Crippen molar-refractivity contribution in [2.75, 3.05) is 27.2 Å². The van der Waals surface area contributed by atoms with Crippen LogP contribution in [-0.4, -0.2) is 79.2 Å². The predicted octanol–water partition coefficient (Wildman–Crippen LogP) is 5.92. The minimum atomic E-state index is -3.80. The van der Waals surface area contributed by atoms with Gasteiger partial charge in [0.2, 0.25) is 15.9 Å². The summed E-state index contributed by atoms with van der Waals surface area (Å²) in [5, 5.41) is 0.345. The van der Waals surface area contributed by atoms with Crippen LogP contribution >= 0.6 is 0 Å². The maximum Gasteiger partial charge on any atom is 0.264 e. The largest absolute Gasteiger partial charge is 0.497 e. The van der Waals surface area contributed by atoms with E-state index in [2.05, 4.69) is 38.3 Å². The molecule has 2 unspecified atom stereocenters. The van der Waals surface area contributed by atoms with Gasteiger partial charge in [0.15, 0.2) is 0 Å². The Labute approximate surface area is 278 Å². The van der Waals surface area contributed by atoms with Crippen molar-refractivity contribution < 1.29 is 22.7 Å². The summed E-state index contributed by atoms with van der Waals surface area (Å²) < 4.78 is 35.4. The standard InChI is InChI=1S/C37H48N4O5S/c1-24(2)47(44,45)38-35(42)27-12-17-31-32(20-27)40(23-37(18-19-37)36(43)41-28-13-14-29(41)22-39(3)21-28)34(26-10-15-30(46-4)16-11-26)33(31)25-8-6-5-7-9-25/h10-12,15-17,20,24-25,28-29H,5-9,13-14,18-19,21-23H2,1-4H3,(H,38,42). The molecule has 1 aromatic heterocycles. The molecule has 2 aromatic carbocycles. The highest BCUT2D eigenvalue weighted by atomic mass is 32.2. The highest BCUT2D eigenvalue weighted by Gasteiger charge is 2.56. The molecular formula is C37H48N4O5S. The smallest absolute Gasteiger partial charge is 0.264 e. The molecule has 2 bridgehead atoms. The molecule has 2 amide bonds. The zero-order chi connectivity index (χ0) is 33.1. The predicted molar refractivity (Wildman–Crippen MR) is 184 cm³/mol. The summed E-state index contributed by atoms with van der Waals surface area (Å²) >= 11 is 0. The SMILES string of the molecule is COc1ccc(-c2c(C3CCCCC3)c3ccc(C(=O)NS(=O)(=O)C(C)C)cc3n2CC2(C(=O)N3C4CCC3CN(C)C4)CC2)cc1. The van der Waals surface area contributed by atoms with Crippen molar-refractivity contribution in [1.29, 1.82) is 0 Å². The van der Waals surface area contributed by atoms with Crippen LogP contribution in [0.5, 0.6) is 5.75 Å². The molecule has 0 spiro atoms. The highest BCUT2D eigenvalue weighted by Crippen LogP contribution is 2.53. The number of fused-ring (bicyclic) bond motifs is 3. The van der Waals surface area contributed by atoms with Crippen LogP contribution in [0, 0.1) is 5.41 Å². The number of nitrogens with zero attached hydrogens (tertiary/aromatic N) is 3. The molecule has 252 valence electrons. The first-order valence-electron chi connectivity index (χ1n) is 17.4. The van der Waals surface area contributed by atoms with E-state index in [1.165, 1.54) is 24.8 Å². The number of benzene rings is 2. The average Bonchev–Trinajstić information content (AvgIpc) is 3.71. The van der Waals surface area contributed by atoms with E-state index in [1.54, 1.807) is 27.0 Å². The maximum absolute atomic E-state index is 14.6. The summed E-state index contributed by atoms with van der Waals surface area (Å²) in [7, 11) is 0.0174. The Bertz CT molecular complexity index is 1770. The number of ether oxygens (including phenoxy) is 1. The minimum absolute atomic E-state index is 0.266. The number of carbonyl (C=O) groups excluding carboxylic acids is 2. The molecule has 2 aliphatic carbocycles. The second-order valence-corrected chi connectivity index (χ2v) is 17.0. The fourth-order valence-electron chi connectivity index (χ4n) is 8.46. The Balaban J connectivity index is 1.38. The second-order valence-electron chi connectivity index (χ2n) is 14.8. The van der Waals surface area contributed by atoms with Gasteiger partial charge in [-0.05, 0) is 113 Å². The first kappa shape index (κ1) is 32.2. The lowest BCUT2D eigenvalue weighted by Gasteiger charge is -2.41. The van der Waals surface area contributed by atoms with E-state index in [4.69, 9.17) is 4.74 Å². The Hall–Kier alpha value is -3.37. The van der Waals surface area contributed by atoms with Gasteiger partial charge in [0.1, 0.15) is 5.75 Å². The number of amides is 2. The molecule has 4 aliphatic rings. The molecule has 4 fully saturated rings. The van der Waals surface area contributed by atoms with Gasteiger partial charge in [-0.15, -0.1) is 0 Å². The fraction of sp³-hybridized carbons (Fsp3) is 0.568. The maximum atomic E-state index is 14.6. The number of piperazine rings is 1. The third-order valence-corrected chi connectivity index (χ3v) is 13.0. The van der Waals surface area contributed by atoms with Crippen LogP contribution in [0.1, 0.15) is 93.5 Å². The first-order valence-corrected chi connectivity index (χ1v) is 18.9. The van der Waals surface area contributed by atoms with Crippen LogP contribution in [0.4, 0.5) is 0 Å². The van der Waals surface area contributed by atoms with Gasteiger partial charge < -0.3 is 19.1 Å².